The number of amides is 2. The molecular weight excluding hydrogens is 264 g/mol. The van der Waals surface area contributed by atoms with Crippen molar-refractivity contribution in [3.63, 3.8) is 0 Å². The second-order valence-electron chi connectivity index (χ2n) is 4.47. The Kier molecular flexibility index (Phi) is 2.70. The number of carbonyl (C=O) groups excluding carboxylic acids is 3. The molecule has 0 spiro atoms. The number of fused-ring (bicyclic) bond motifs is 1. The quantitative estimate of drug-likeness (QED) is 0.575. The molecule has 0 aliphatic carbocycles. The lowest BCUT2D eigenvalue weighted by molar-refractivity contribution is -0.136. The predicted molar refractivity (Wildman–Crippen MR) is 66.3 cm³/mol. The first-order valence-electron chi connectivity index (χ1n) is 6.00. The summed E-state index contributed by atoms with van der Waals surface area (Å²) in [4.78, 5) is 46.0. The van der Waals surface area contributed by atoms with E-state index in [1.54, 1.807) is 6.07 Å². The summed E-state index contributed by atoms with van der Waals surface area (Å²) in [5.41, 5.74) is -0.0638. The van der Waals surface area contributed by atoms with Crippen LogP contribution in [0.4, 0.5) is 0 Å². The molecule has 2 amide bonds. The Morgan fingerprint density at radius 3 is 2.85 bits per heavy atom. The second-order valence-corrected chi connectivity index (χ2v) is 4.47. The van der Waals surface area contributed by atoms with E-state index >= 15 is 0 Å². The Bertz CT molecular complexity index is 788. The molecule has 0 aromatic carbocycles. The maximum absolute atomic E-state index is 12.2. The van der Waals surface area contributed by atoms with Crippen molar-refractivity contribution in [1.29, 1.82) is 0 Å². The predicted octanol–water partition coefficient (Wildman–Crippen LogP) is -0.714. The summed E-state index contributed by atoms with van der Waals surface area (Å²) >= 11 is 0. The van der Waals surface area contributed by atoms with Crippen molar-refractivity contribution in [2.24, 2.45) is 0 Å². The molecule has 102 valence electrons. The van der Waals surface area contributed by atoms with Crippen LogP contribution in [0, 0.1) is 0 Å². The van der Waals surface area contributed by atoms with E-state index in [4.69, 9.17) is 0 Å². The van der Waals surface area contributed by atoms with Gasteiger partial charge in [0.1, 0.15) is 6.04 Å². The highest BCUT2D eigenvalue weighted by Gasteiger charge is 2.31. The second kappa shape index (κ2) is 4.41. The molecule has 1 atom stereocenters. The number of aromatic nitrogens is 3. The van der Waals surface area contributed by atoms with Crippen LogP contribution in [0.1, 0.15) is 29.2 Å². The minimum atomic E-state index is -0.834. The highest BCUT2D eigenvalue weighted by atomic mass is 16.2. The van der Waals surface area contributed by atoms with Crippen molar-refractivity contribution >= 4 is 23.7 Å². The van der Waals surface area contributed by atoms with E-state index < -0.39 is 17.6 Å². The highest BCUT2D eigenvalue weighted by molar-refractivity contribution is 5.99. The summed E-state index contributed by atoms with van der Waals surface area (Å²) in [6, 6.07) is 2.25. The molecule has 8 heteroatoms. The van der Waals surface area contributed by atoms with Crippen LogP contribution in [0.3, 0.4) is 0 Å². The van der Waals surface area contributed by atoms with E-state index in [0.717, 1.165) is 4.68 Å². The van der Waals surface area contributed by atoms with Gasteiger partial charge in [0.25, 0.3) is 5.91 Å². The van der Waals surface area contributed by atoms with Gasteiger partial charge in [-0.25, -0.2) is 9.20 Å². The molecule has 1 saturated heterocycles. The molecule has 0 radical (unpaired) electrons. The van der Waals surface area contributed by atoms with Crippen molar-refractivity contribution in [3.05, 3.63) is 34.4 Å². The van der Waals surface area contributed by atoms with Gasteiger partial charge >= 0.3 is 5.69 Å². The molecule has 2 aromatic rings. The van der Waals surface area contributed by atoms with Crippen molar-refractivity contribution in [3.8, 4) is 0 Å². The van der Waals surface area contributed by atoms with E-state index in [9.17, 15) is 19.2 Å². The third kappa shape index (κ3) is 1.73. The van der Waals surface area contributed by atoms with Crippen LogP contribution < -0.4 is 11.0 Å². The topological polar surface area (TPSA) is 103 Å². The largest absolute Gasteiger partial charge is 0.351 e. The highest BCUT2D eigenvalue weighted by Crippen LogP contribution is 2.16. The van der Waals surface area contributed by atoms with Crippen LogP contribution in [-0.2, 0) is 9.59 Å². The molecule has 0 saturated carbocycles. The van der Waals surface area contributed by atoms with E-state index in [0.29, 0.717) is 6.29 Å². The van der Waals surface area contributed by atoms with E-state index in [-0.39, 0.29) is 30.0 Å². The third-order valence-corrected chi connectivity index (χ3v) is 3.23. The Hall–Kier alpha value is -2.77. The standard InChI is InChI=1S/C12H10N4O4/c17-6-7-2-1-5-15-10(7)14-16(12(15)20)8-3-4-9(18)13-11(8)19/h1-2,5-6,8H,3-4H2,(H,13,18,19). The first-order chi connectivity index (χ1) is 9.61. The zero-order valence-electron chi connectivity index (χ0n) is 10.3. The van der Waals surface area contributed by atoms with Crippen molar-refractivity contribution in [2.75, 3.05) is 0 Å². The number of hydrogen-bond donors (Lipinski definition) is 1. The van der Waals surface area contributed by atoms with Gasteiger partial charge in [-0.1, -0.05) is 0 Å². The van der Waals surface area contributed by atoms with Gasteiger partial charge in [-0.2, -0.15) is 4.68 Å². The van der Waals surface area contributed by atoms with Crippen LogP contribution >= 0.6 is 0 Å². The first-order valence-corrected chi connectivity index (χ1v) is 6.00. The normalized spacial score (nSPS) is 19.1. The molecular formula is C12H10N4O4. The number of pyridine rings is 1. The maximum Gasteiger partial charge on any atom is 0.351 e. The number of hydrogen-bond acceptors (Lipinski definition) is 5. The van der Waals surface area contributed by atoms with Crippen LogP contribution in [0.25, 0.3) is 5.65 Å². The van der Waals surface area contributed by atoms with E-state index in [1.807, 2.05) is 0 Å². The Labute approximate surface area is 112 Å². The molecule has 2 aromatic heterocycles. The van der Waals surface area contributed by atoms with Gasteiger partial charge in [-0.3, -0.25) is 19.7 Å². The average Bonchev–Trinajstić information content (AvgIpc) is 2.76. The monoisotopic (exact) mass is 274 g/mol. The SMILES string of the molecule is O=Cc1cccn2c(=O)n(C3CCC(=O)NC3=O)nc12. The molecule has 20 heavy (non-hydrogen) atoms. The molecule has 3 heterocycles. The van der Waals surface area contributed by atoms with Crippen LogP contribution in [0.5, 0.6) is 0 Å². The van der Waals surface area contributed by atoms with Gasteiger partial charge in [0, 0.05) is 12.6 Å². The first kappa shape index (κ1) is 12.3. The van der Waals surface area contributed by atoms with Gasteiger partial charge < -0.3 is 0 Å². The van der Waals surface area contributed by atoms with Gasteiger partial charge in [0.05, 0.1) is 5.56 Å². The van der Waals surface area contributed by atoms with Crippen molar-refractivity contribution < 1.29 is 14.4 Å². The fourth-order valence-corrected chi connectivity index (χ4v) is 2.24. The fourth-order valence-electron chi connectivity index (χ4n) is 2.24. The molecule has 8 nitrogen and oxygen atoms in total. The summed E-state index contributed by atoms with van der Waals surface area (Å²) in [5.74, 6) is -0.920. The summed E-state index contributed by atoms with van der Waals surface area (Å²) in [6.45, 7) is 0. The molecule has 1 unspecified atom stereocenters. The number of aldehydes is 1. The summed E-state index contributed by atoms with van der Waals surface area (Å²) in [7, 11) is 0. The number of rotatable bonds is 2. The maximum atomic E-state index is 12.2. The summed E-state index contributed by atoms with van der Waals surface area (Å²) in [5, 5.41) is 6.22. The number of nitrogens with zero attached hydrogens (tertiary/aromatic N) is 3. The average molecular weight is 274 g/mol. The van der Waals surface area contributed by atoms with Crippen LogP contribution in [0.2, 0.25) is 0 Å². The molecule has 3 rings (SSSR count). The van der Waals surface area contributed by atoms with Crippen LogP contribution in [-0.4, -0.2) is 32.3 Å². The lowest BCUT2D eigenvalue weighted by atomic mass is 10.1. The zero-order valence-corrected chi connectivity index (χ0v) is 10.3. The fraction of sp³-hybridized carbons (Fsp3) is 0.250. The Balaban J connectivity index is 2.15. The number of imide groups is 1. The zero-order chi connectivity index (χ0) is 14.3. The lowest BCUT2D eigenvalue weighted by Crippen LogP contribution is -2.44. The Morgan fingerprint density at radius 1 is 1.35 bits per heavy atom. The van der Waals surface area contributed by atoms with Gasteiger partial charge in [0.2, 0.25) is 5.91 Å². The van der Waals surface area contributed by atoms with Crippen molar-refractivity contribution in [1.82, 2.24) is 19.5 Å². The molecule has 0 bridgehead atoms. The van der Waals surface area contributed by atoms with Gasteiger partial charge in [0.15, 0.2) is 11.9 Å². The minimum Gasteiger partial charge on any atom is -0.298 e. The number of piperidine rings is 1. The molecule has 1 fully saturated rings. The summed E-state index contributed by atoms with van der Waals surface area (Å²) in [6.07, 6.45) is 2.43. The van der Waals surface area contributed by atoms with E-state index in [2.05, 4.69) is 10.4 Å². The molecule has 1 aliphatic rings. The number of nitrogens with one attached hydrogen (secondary N) is 1. The Morgan fingerprint density at radius 2 is 2.15 bits per heavy atom. The lowest BCUT2D eigenvalue weighted by Gasteiger charge is -2.19. The number of carbonyl (C=O) groups is 3. The molecule has 1 N–H and O–H groups in total. The smallest absolute Gasteiger partial charge is 0.298 e. The van der Waals surface area contributed by atoms with Gasteiger partial charge in [-0.05, 0) is 18.6 Å². The van der Waals surface area contributed by atoms with Crippen molar-refractivity contribution in [2.45, 2.75) is 18.9 Å². The molecule has 1 aliphatic heterocycles. The van der Waals surface area contributed by atoms with Crippen LogP contribution in [0.15, 0.2) is 23.1 Å². The van der Waals surface area contributed by atoms with Gasteiger partial charge in [-0.15, -0.1) is 5.10 Å². The minimum absolute atomic E-state index is 0.150. The summed E-state index contributed by atoms with van der Waals surface area (Å²) < 4.78 is 2.22. The van der Waals surface area contributed by atoms with E-state index in [1.165, 1.54) is 16.7 Å². The third-order valence-electron chi connectivity index (χ3n) is 3.23.